The zero-order valence-corrected chi connectivity index (χ0v) is 16.9. The fraction of sp³-hybridized carbons (Fsp3) is 0.714. The summed E-state index contributed by atoms with van der Waals surface area (Å²) in [5, 5.41) is 0. The summed E-state index contributed by atoms with van der Waals surface area (Å²) in [4.78, 5) is 39.6. The summed E-state index contributed by atoms with van der Waals surface area (Å²) < 4.78 is 13.6. The number of aromatic nitrogens is 2. The number of imide groups is 1. The number of carbonyl (C=O) groups is 2. The Hall–Kier alpha value is -2.09. The predicted molar refractivity (Wildman–Crippen MR) is 107 cm³/mol. The third kappa shape index (κ3) is 4.74. The molecule has 0 bridgehead atoms. The van der Waals surface area contributed by atoms with Crippen LogP contribution in [0.3, 0.4) is 0 Å². The van der Waals surface area contributed by atoms with E-state index in [0.717, 1.165) is 51.5 Å². The SMILES string of the molecule is O=C1CC2(CCC([18F])C2)CC(=O)N1CCCCN1CCN(c2ncccn2)CC1. The van der Waals surface area contributed by atoms with Gasteiger partial charge >= 0.3 is 0 Å². The second kappa shape index (κ2) is 8.73. The van der Waals surface area contributed by atoms with Crippen molar-refractivity contribution in [1.82, 2.24) is 19.8 Å². The topological polar surface area (TPSA) is 69.6 Å². The molecule has 4 rings (SSSR count). The maximum atomic E-state index is 13.6. The molecule has 2 saturated heterocycles. The summed E-state index contributed by atoms with van der Waals surface area (Å²) in [7, 11) is 0. The Bertz CT molecular complexity index is 705. The van der Waals surface area contributed by atoms with Crippen molar-refractivity contribution < 1.29 is 14.0 Å². The van der Waals surface area contributed by atoms with Crippen LogP contribution in [0.25, 0.3) is 0 Å². The monoisotopic (exact) mass is 402 g/mol. The molecule has 1 aromatic heterocycles. The van der Waals surface area contributed by atoms with E-state index in [2.05, 4.69) is 19.8 Å². The molecular formula is C21H30FN5O2. The van der Waals surface area contributed by atoms with E-state index < -0.39 is 11.6 Å². The van der Waals surface area contributed by atoms with Gasteiger partial charge in [0.25, 0.3) is 0 Å². The number of likely N-dealkylation sites (tertiary alicyclic amines) is 1. The highest BCUT2D eigenvalue weighted by Gasteiger charge is 2.47. The van der Waals surface area contributed by atoms with Crippen LogP contribution in [0.4, 0.5) is 10.3 Å². The lowest BCUT2D eigenvalue weighted by molar-refractivity contribution is -0.153. The Kier molecular flexibility index (Phi) is 6.08. The van der Waals surface area contributed by atoms with Crippen molar-refractivity contribution >= 4 is 17.8 Å². The Balaban J connectivity index is 1.16. The molecule has 3 heterocycles. The molecule has 1 saturated carbocycles. The molecule has 7 nitrogen and oxygen atoms in total. The van der Waals surface area contributed by atoms with Crippen LogP contribution >= 0.6 is 0 Å². The molecule has 1 aliphatic carbocycles. The van der Waals surface area contributed by atoms with Gasteiger partial charge in [0.15, 0.2) is 0 Å². The second-order valence-electron chi connectivity index (χ2n) is 8.72. The number of amides is 2. The molecule has 3 aliphatic rings. The molecule has 1 unspecified atom stereocenters. The van der Waals surface area contributed by atoms with E-state index >= 15 is 0 Å². The fourth-order valence-electron chi connectivity index (χ4n) is 4.97. The molecule has 158 valence electrons. The number of rotatable bonds is 6. The molecule has 2 amide bonds. The second-order valence-corrected chi connectivity index (χ2v) is 8.72. The van der Waals surface area contributed by atoms with Gasteiger partial charge in [-0.15, -0.1) is 0 Å². The quantitative estimate of drug-likeness (QED) is 0.536. The maximum Gasteiger partial charge on any atom is 0.229 e. The van der Waals surface area contributed by atoms with Gasteiger partial charge in [-0.25, -0.2) is 14.4 Å². The van der Waals surface area contributed by atoms with Crippen molar-refractivity contribution in [2.75, 3.05) is 44.2 Å². The van der Waals surface area contributed by atoms with Crippen LogP contribution in [0.15, 0.2) is 18.5 Å². The van der Waals surface area contributed by atoms with Gasteiger partial charge in [-0.3, -0.25) is 19.4 Å². The first-order valence-corrected chi connectivity index (χ1v) is 10.8. The van der Waals surface area contributed by atoms with Gasteiger partial charge in [0.2, 0.25) is 17.8 Å². The molecule has 0 aromatic carbocycles. The van der Waals surface area contributed by atoms with E-state index in [1.165, 1.54) is 4.90 Å². The molecule has 1 atom stereocenters. The van der Waals surface area contributed by atoms with Crippen molar-refractivity contribution in [3.8, 4) is 0 Å². The van der Waals surface area contributed by atoms with Gasteiger partial charge in [-0.2, -0.15) is 0 Å². The van der Waals surface area contributed by atoms with E-state index in [-0.39, 0.29) is 11.8 Å². The molecule has 29 heavy (non-hydrogen) atoms. The first-order chi connectivity index (χ1) is 14.0. The molecule has 2 aliphatic heterocycles. The highest BCUT2D eigenvalue weighted by atomic mass is 18.2. The number of anilines is 1. The smallest absolute Gasteiger partial charge is 0.229 e. The number of alkyl halides is 1. The summed E-state index contributed by atoms with van der Waals surface area (Å²) >= 11 is 0. The minimum Gasteiger partial charge on any atom is -0.338 e. The number of nitrogens with zero attached hydrogens (tertiary/aromatic N) is 5. The first-order valence-electron chi connectivity index (χ1n) is 10.8. The van der Waals surface area contributed by atoms with Gasteiger partial charge in [-0.1, -0.05) is 0 Å². The number of piperazine rings is 1. The molecule has 1 spiro atoms. The Morgan fingerprint density at radius 1 is 1.00 bits per heavy atom. The van der Waals surface area contributed by atoms with Gasteiger partial charge in [0, 0.05) is 58.0 Å². The molecule has 0 N–H and O–H groups in total. The van der Waals surface area contributed by atoms with Crippen LogP contribution in [0.5, 0.6) is 0 Å². The fourth-order valence-corrected chi connectivity index (χ4v) is 4.97. The van der Waals surface area contributed by atoms with Crippen molar-refractivity contribution in [3.63, 3.8) is 0 Å². The summed E-state index contributed by atoms with van der Waals surface area (Å²) in [5.74, 6) is 0.576. The largest absolute Gasteiger partial charge is 0.338 e. The normalized spacial score (nSPS) is 25.2. The van der Waals surface area contributed by atoms with Crippen LogP contribution in [-0.2, 0) is 9.59 Å². The third-order valence-electron chi connectivity index (χ3n) is 6.61. The maximum absolute atomic E-state index is 13.6. The number of unbranched alkanes of at least 4 members (excludes halogenated alkanes) is 1. The zero-order chi connectivity index (χ0) is 20.3. The zero-order valence-electron chi connectivity index (χ0n) is 16.9. The number of hydrogen-bond acceptors (Lipinski definition) is 6. The van der Waals surface area contributed by atoms with E-state index in [1.54, 1.807) is 12.4 Å². The molecular weight excluding hydrogens is 372 g/mol. The number of hydrogen-bond donors (Lipinski definition) is 0. The minimum atomic E-state index is -0.851. The molecule has 1 aromatic rings. The molecule has 8 heteroatoms. The van der Waals surface area contributed by atoms with Gasteiger partial charge in [-0.05, 0) is 50.1 Å². The standard InChI is InChI=1S/C21H30FN5O2/c22-17-4-5-21(14-17)15-18(28)27(19(29)16-21)9-2-1-8-25-10-12-26(13-11-25)20-23-6-3-7-24-20/h3,6-7,17H,1-2,4-5,8-16H2/i22-1. The van der Waals surface area contributed by atoms with Crippen LogP contribution < -0.4 is 4.90 Å². The summed E-state index contributed by atoms with van der Waals surface area (Å²) in [5.41, 5.74) is -0.397. The van der Waals surface area contributed by atoms with E-state index in [0.29, 0.717) is 38.6 Å². The first kappa shape index (κ1) is 20.2. The number of carbonyl (C=O) groups excluding carboxylic acids is 2. The van der Waals surface area contributed by atoms with E-state index in [1.807, 2.05) is 6.07 Å². The van der Waals surface area contributed by atoms with Gasteiger partial charge < -0.3 is 4.90 Å². The van der Waals surface area contributed by atoms with Gasteiger partial charge in [0.05, 0.1) is 0 Å². The van der Waals surface area contributed by atoms with Crippen LogP contribution in [0, 0.1) is 5.41 Å². The van der Waals surface area contributed by atoms with Crippen molar-refractivity contribution in [2.24, 2.45) is 5.41 Å². The van der Waals surface area contributed by atoms with Crippen molar-refractivity contribution in [3.05, 3.63) is 18.5 Å². The van der Waals surface area contributed by atoms with Crippen LogP contribution in [0.1, 0.15) is 44.9 Å². The number of piperidine rings is 1. The van der Waals surface area contributed by atoms with Crippen molar-refractivity contribution in [1.29, 1.82) is 0 Å². The molecule has 3 fully saturated rings. The van der Waals surface area contributed by atoms with E-state index in [4.69, 9.17) is 0 Å². The highest BCUT2D eigenvalue weighted by Crippen LogP contribution is 2.48. The lowest BCUT2D eigenvalue weighted by Crippen LogP contribution is -2.48. The Morgan fingerprint density at radius 3 is 2.28 bits per heavy atom. The Labute approximate surface area is 171 Å². The average Bonchev–Trinajstić information content (AvgIpc) is 3.07. The third-order valence-corrected chi connectivity index (χ3v) is 6.61. The minimum absolute atomic E-state index is 0.105. The lowest BCUT2D eigenvalue weighted by Gasteiger charge is -2.37. The molecule has 0 radical (unpaired) electrons. The van der Waals surface area contributed by atoms with Crippen LogP contribution in [0.2, 0.25) is 0 Å². The summed E-state index contributed by atoms with van der Waals surface area (Å²) in [6, 6.07) is 1.82. The summed E-state index contributed by atoms with van der Waals surface area (Å²) in [6.45, 7) is 5.20. The highest BCUT2D eigenvalue weighted by molar-refractivity contribution is 5.98. The van der Waals surface area contributed by atoms with Gasteiger partial charge in [0.1, 0.15) is 6.17 Å². The van der Waals surface area contributed by atoms with E-state index in [9.17, 15) is 14.0 Å². The van der Waals surface area contributed by atoms with Crippen molar-refractivity contribution in [2.45, 2.75) is 51.1 Å². The van der Waals surface area contributed by atoms with Crippen LogP contribution in [-0.4, -0.2) is 77.0 Å². The summed E-state index contributed by atoms with van der Waals surface area (Å²) in [6.07, 6.45) is 6.66. The Morgan fingerprint density at radius 2 is 1.66 bits per heavy atom. The lowest BCUT2D eigenvalue weighted by atomic mass is 9.76. The predicted octanol–water partition coefficient (Wildman–Crippen LogP) is 2.04. The average molecular weight is 403 g/mol. The number of halogens is 1.